The van der Waals surface area contributed by atoms with Crippen LogP contribution in [0.15, 0.2) is 28.1 Å². The van der Waals surface area contributed by atoms with Crippen molar-refractivity contribution in [2.75, 3.05) is 5.75 Å². The predicted molar refractivity (Wildman–Crippen MR) is 76.7 cm³/mol. The number of H-pyrrole nitrogens is 1. The molecular formula is C11H8BrFN2O2S2. The molecule has 2 aromatic rings. The fourth-order valence-electron chi connectivity index (χ4n) is 2.17. The van der Waals surface area contributed by atoms with Crippen molar-refractivity contribution in [3.8, 4) is 0 Å². The van der Waals surface area contributed by atoms with E-state index in [0.29, 0.717) is 20.3 Å². The molecule has 0 saturated carbocycles. The van der Waals surface area contributed by atoms with Gasteiger partial charge in [0, 0.05) is 11.5 Å². The average molecular weight is 363 g/mol. The Labute approximate surface area is 122 Å². The molecule has 0 spiro atoms. The largest absolute Gasteiger partial charge is 0.331 e. The Morgan fingerprint density at radius 2 is 2.21 bits per heavy atom. The zero-order chi connectivity index (χ0) is 13.8. The molecule has 1 unspecified atom stereocenters. The van der Waals surface area contributed by atoms with Gasteiger partial charge in [-0.1, -0.05) is 0 Å². The molecule has 0 saturated heterocycles. The molecule has 0 amide bonds. The minimum Gasteiger partial charge on any atom is -0.331 e. The summed E-state index contributed by atoms with van der Waals surface area (Å²) < 4.78 is 38.9. The van der Waals surface area contributed by atoms with Crippen LogP contribution in [0.3, 0.4) is 0 Å². The van der Waals surface area contributed by atoms with E-state index in [9.17, 15) is 12.8 Å². The Morgan fingerprint density at radius 3 is 2.84 bits per heavy atom. The summed E-state index contributed by atoms with van der Waals surface area (Å²) in [6.07, 6.45) is 1.57. The van der Waals surface area contributed by atoms with E-state index in [1.165, 1.54) is 11.5 Å². The van der Waals surface area contributed by atoms with Crippen molar-refractivity contribution in [2.45, 2.75) is 6.04 Å². The Balaban J connectivity index is 2.25. The normalized spacial score (nSPS) is 21.3. The number of nitrogens with zero attached hydrogens (tertiary/aromatic N) is 1. The second kappa shape index (κ2) is 4.26. The lowest BCUT2D eigenvalue weighted by molar-refractivity contribution is 0.593. The van der Waals surface area contributed by atoms with E-state index in [1.807, 2.05) is 0 Å². The molecule has 100 valence electrons. The summed E-state index contributed by atoms with van der Waals surface area (Å²) >= 11 is 8.30. The number of allylic oxidation sites excluding steroid dienone is 1. The number of imidazole rings is 1. The number of aromatic nitrogens is 2. The second-order valence-corrected chi connectivity index (χ2v) is 7.48. The van der Waals surface area contributed by atoms with Gasteiger partial charge in [-0.15, -0.1) is 0 Å². The first-order valence-corrected chi connectivity index (χ1v) is 8.29. The van der Waals surface area contributed by atoms with Crippen molar-refractivity contribution in [3.05, 3.63) is 38.7 Å². The topological polar surface area (TPSA) is 54.9 Å². The minimum absolute atomic E-state index is 0.0497. The summed E-state index contributed by atoms with van der Waals surface area (Å²) in [4.78, 5) is 2.95. The first-order valence-electron chi connectivity index (χ1n) is 5.37. The van der Waals surface area contributed by atoms with Gasteiger partial charge >= 0.3 is 0 Å². The van der Waals surface area contributed by atoms with Crippen LogP contribution in [0, 0.1) is 10.6 Å². The molecule has 0 bridgehead atoms. The first kappa shape index (κ1) is 13.0. The van der Waals surface area contributed by atoms with Gasteiger partial charge in [0.2, 0.25) is 0 Å². The molecule has 1 aromatic carbocycles. The maximum Gasteiger partial charge on any atom is 0.178 e. The van der Waals surface area contributed by atoms with Crippen molar-refractivity contribution in [1.29, 1.82) is 0 Å². The van der Waals surface area contributed by atoms with E-state index >= 15 is 0 Å². The first-order chi connectivity index (χ1) is 8.87. The van der Waals surface area contributed by atoms with Crippen LogP contribution in [0.5, 0.6) is 0 Å². The third kappa shape index (κ3) is 2.17. The van der Waals surface area contributed by atoms with Gasteiger partial charge in [0.05, 0.1) is 27.3 Å². The lowest BCUT2D eigenvalue weighted by Crippen LogP contribution is -2.11. The molecule has 19 heavy (non-hydrogen) atoms. The van der Waals surface area contributed by atoms with Crippen LogP contribution in [0.4, 0.5) is 4.39 Å². The minimum atomic E-state index is -3.19. The van der Waals surface area contributed by atoms with Gasteiger partial charge in [-0.05, 0) is 40.3 Å². The highest BCUT2D eigenvalue weighted by molar-refractivity contribution is 9.10. The van der Waals surface area contributed by atoms with Gasteiger partial charge in [-0.2, -0.15) is 0 Å². The van der Waals surface area contributed by atoms with Crippen LogP contribution in [-0.4, -0.2) is 23.7 Å². The molecule has 0 aliphatic carbocycles. The van der Waals surface area contributed by atoms with Crippen molar-refractivity contribution in [2.24, 2.45) is 0 Å². The SMILES string of the molecule is O=S1(=O)C=CC(n2c(=S)[nH]c3cc(Br)c(F)cc32)C1. The number of aromatic amines is 1. The predicted octanol–water partition coefficient (Wildman–Crippen LogP) is 3.08. The summed E-state index contributed by atoms with van der Waals surface area (Å²) in [5.74, 6) is -0.466. The molecule has 0 fully saturated rings. The number of benzene rings is 1. The number of hydrogen-bond donors (Lipinski definition) is 1. The van der Waals surface area contributed by atoms with Crippen LogP contribution >= 0.6 is 28.1 Å². The number of nitrogens with one attached hydrogen (secondary N) is 1. The molecule has 1 atom stereocenters. The molecule has 0 radical (unpaired) electrons. The van der Waals surface area contributed by atoms with Crippen LogP contribution in [0.1, 0.15) is 6.04 Å². The van der Waals surface area contributed by atoms with Crippen molar-refractivity contribution >= 4 is 49.0 Å². The number of hydrogen-bond acceptors (Lipinski definition) is 3. The van der Waals surface area contributed by atoms with Gasteiger partial charge < -0.3 is 9.55 Å². The molecule has 1 aliphatic heterocycles. The van der Waals surface area contributed by atoms with Gasteiger partial charge in [0.25, 0.3) is 0 Å². The van der Waals surface area contributed by atoms with Crippen LogP contribution in [-0.2, 0) is 9.84 Å². The lowest BCUT2D eigenvalue weighted by atomic mass is 10.2. The Kier molecular flexibility index (Phi) is 2.91. The molecule has 1 aliphatic rings. The Hall–Kier alpha value is -0.990. The molecule has 3 rings (SSSR count). The third-order valence-corrected chi connectivity index (χ3v) is 5.29. The summed E-state index contributed by atoms with van der Waals surface area (Å²) in [5, 5.41) is 1.17. The summed E-state index contributed by atoms with van der Waals surface area (Å²) in [7, 11) is -3.19. The number of halogens is 2. The third-order valence-electron chi connectivity index (χ3n) is 3.00. The highest BCUT2D eigenvalue weighted by Crippen LogP contribution is 2.28. The fraction of sp³-hybridized carbons (Fsp3) is 0.182. The van der Waals surface area contributed by atoms with Gasteiger partial charge in [-0.25, -0.2) is 12.8 Å². The Bertz CT molecular complexity index is 867. The van der Waals surface area contributed by atoms with E-state index in [1.54, 1.807) is 16.7 Å². The van der Waals surface area contributed by atoms with E-state index < -0.39 is 21.7 Å². The van der Waals surface area contributed by atoms with Gasteiger partial charge in [0.15, 0.2) is 14.6 Å². The molecule has 4 nitrogen and oxygen atoms in total. The zero-order valence-corrected chi connectivity index (χ0v) is 12.6. The monoisotopic (exact) mass is 362 g/mol. The molecule has 2 heterocycles. The average Bonchev–Trinajstić information content (AvgIpc) is 2.79. The smallest absolute Gasteiger partial charge is 0.178 e. The summed E-state index contributed by atoms with van der Waals surface area (Å²) in [6.45, 7) is 0. The summed E-state index contributed by atoms with van der Waals surface area (Å²) in [6, 6.07) is 2.53. The Morgan fingerprint density at radius 1 is 1.47 bits per heavy atom. The quantitative estimate of drug-likeness (QED) is 0.793. The van der Waals surface area contributed by atoms with Crippen molar-refractivity contribution < 1.29 is 12.8 Å². The number of fused-ring (bicyclic) bond motifs is 1. The summed E-state index contributed by atoms with van der Waals surface area (Å²) in [5.41, 5.74) is 1.22. The fourth-order valence-corrected chi connectivity index (χ4v) is 4.13. The standard InChI is InChI=1S/C11H8BrFN2O2S2/c12-7-3-9-10(4-8(7)13)15(11(18)14-9)6-1-2-19(16,17)5-6/h1-4,6H,5H2,(H,14,18). The highest BCUT2D eigenvalue weighted by atomic mass is 79.9. The van der Waals surface area contributed by atoms with E-state index in [-0.39, 0.29) is 5.75 Å². The van der Waals surface area contributed by atoms with Crippen LogP contribution in [0.25, 0.3) is 11.0 Å². The number of sulfone groups is 1. The van der Waals surface area contributed by atoms with E-state index in [4.69, 9.17) is 12.2 Å². The second-order valence-electron chi connectivity index (χ2n) is 4.31. The molecule has 1 N–H and O–H groups in total. The van der Waals surface area contributed by atoms with Gasteiger partial charge in [0.1, 0.15) is 5.82 Å². The van der Waals surface area contributed by atoms with E-state index in [2.05, 4.69) is 20.9 Å². The van der Waals surface area contributed by atoms with Crippen molar-refractivity contribution in [1.82, 2.24) is 9.55 Å². The zero-order valence-electron chi connectivity index (χ0n) is 9.43. The molecule has 8 heteroatoms. The maximum absolute atomic E-state index is 13.6. The highest BCUT2D eigenvalue weighted by Gasteiger charge is 2.25. The molecule has 1 aromatic heterocycles. The van der Waals surface area contributed by atoms with Crippen molar-refractivity contribution in [3.63, 3.8) is 0 Å². The molecular weight excluding hydrogens is 355 g/mol. The van der Waals surface area contributed by atoms with Crippen LogP contribution in [0.2, 0.25) is 0 Å². The maximum atomic E-state index is 13.6. The number of rotatable bonds is 1. The lowest BCUT2D eigenvalue weighted by Gasteiger charge is -2.10. The van der Waals surface area contributed by atoms with E-state index in [0.717, 1.165) is 0 Å². The van der Waals surface area contributed by atoms with Crippen LogP contribution < -0.4 is 0 Å². The van der Waals surface area contributed by atoms with Gasteiger partial charge in [-0.3, -0.25) is 0 Å².